The quantitative estimate of drug-likeness (QED) is 0.349. The first kappa shape index (κ1) is 23.8. The maximum absolute atomic E-state index is 5.85. The minimum Gasteiger partial charge on any atom is -0.443 e. The third kappa shape index (κ3) is 5.99. The molecule has 0 radical (unpaired) electrons. The van der Waals surface area contributed by atoms with Gasteiger partial charge in [0.2, 0.25) is 5.89 Å². The van der Waals surface area contributed by atoms with Crippen LogP contribution in [0.5, 0.6) is 0 Å². The summed E-state index contributed by atoms with van der Waals surface area (Å²) in [6, 6.07) is 0. The summed E-state index contributed by atoms with van der Waals surface area (Å²) < 4.78 is 11.4. The van der Waals surface area contributed by atoms with Crippen molar-refractivity contribution in [2.24, 2.45) is 4.99 Å². The van der Waals surface area contributed by atoms with Crippen LogP contribution in [0.3, 0.4) is 0 Å². The molecule has 1 aromatic rings. The molecule has 1 aromatic heterocycles. The lowest BCUT2D eigenvalue weighted by molar-refractivity contribution is -0.0120. The van der Waals surface area contributed by atoms with Crippen molar-refractivity contribution >= 4 is 41.7 Å². The number of guanidine groups is 1. The van der Waals surface area contributed by atoms with Crippen LogP contribution in [0.4, 0.5) is 0 Å². The van der Waals surface area contributed by atoms with Gasteiger partial charge in [-0.2, -0.15) is 11.8 Å². The predicted octanol–water partition coefficient (Wildman–Crippen LogP) is 2.46. The molecule has 3 rings (SSSR count). The van der Waals surface area contributed by atoms with Crippen LogP contribution in [-0.2, 0) is 16.7 Å². The molecule has 3 heterocycles. The molecule has 9 heteroatoms. The molecule has 2 fully saturated rings. The molecule has 2 aliphatic rings. The highest BCUT2D eigenvalue weighted by Gasteiger charge is 2.40. The summed E-state index contributed by atoms with van der Waals surface area (Å²) in [7, 11) is 1.80. The Balaban J connectivity index is 0.00000280. The molecule has 1 atom stereocenters. The van der Waals surface area contributed by atoms with Crippen LogP contribution < -0.4 is 10.6 Å². The summed E-state index contributed by atoms with van der Waals surface area (Å²) in [5.74, 6) is 4.75. The Morgan fingerprint density at radius 1 is 1.32 bits per heavy atom. The van der Waals surface area contributed by atoms with E-state index in [-0.39, 0.29) is 34.9 Å². The van der Waals surface area contributed by atoms with E-state index in [2.05, 4.69) is 46.3 Å². The van der Waals surface area contributed by atoms with Crippen LogP contribution in [0.25, 0.3) is 0 Å². The second-order valence-corrected chi connectivity index (χ2v) is 9.38. The van der Waals surface area contributed by atoms with Crippen LogP contribution in [-0.4, -0.2) is 72.8 Å². The summed E-state index contributed by atoms with van der Waals surface area (Å²) in [6.07, 6.45) is 3.02. The minimum absolute atomic E-state index is 0. The van der Waals surface area contributed by atoms with Gasteiger partial charge < -0.3 is 19.8 Å². The number of rotatable bonds is 5. The fraction of sp³-hybridized carbons (Fsp3) is 0.789. The molecule has 160 valence electrons. The molecule has 0 aromatic carbocycles. The lowest BCUT2D eigenvalue weighted by Gasteiger charge is -2.43. The third-order valence-electron chi connectivity index (χ3n) is 5.27. The average Bonchev–Trinajstić information content (AvgIpc) is 3.33. The van der Waals surface area contributed by atoms with Crippen molar-refractivity contribution < 1.29 is 9.15 Å². The van der Waals surface area contributed by atoms with Gasteiger partial charge in [-0.05, 0) is 12.2 Å². The Labute approximate surface area is 189 Å². The molecule has 0 bridgehead atoms. The van der Waals surface area contributed by atoms with E-state index in [1.54, 1.807) is 7.05 Å². The number of nitrogens with one attached hydrogen (secondary N) is 2. The van der Waals surface area contributed by atoms with Gasteiger partial charge in [-0.15, -0.1) is 24.0 Å². The third-order valence-corrected chi connectivity index (χ3v) is 6.51. The zero-order valence-corrected chi connectivity index (χ0v) is 20.6. The summed E-state index contributed by atoms with van der Waals surface area (Å²) in [5, 5.41) is 6.86. The zero-order valence-electron chi connectivity index (χ0n) is 17.4. The standard InChI is InChI=1S/C19H33N5O2S.HI/c1-18(2,3)15-11-21-16(26-15)12-22-17(20-4)23-13-19(5-10-27-14-19)24-6-8-25-9-7-24;/h11H,5-10,12-14H2,1-4H3,(H2,20,22,23);1H. The Morgan fingerprint density at radius 2 is 2.07 bits per heavy atom. The largest absolute Gasteiger partial charge is 0.443 e. The van der Waals surface area contributed by atoms with E-state index >= 15 is 0 Å². The summed E-state index contributed by atoms with van der Waals surface area (Å²) >= 11 is 2.04. The number of oxazole rings is 1. The molecule has 2 aliphatic heterocycles. The number of aliphatic imine (C=N–C) groups is 1. The topological polar surface area (TPSA) is 74.9 Å². The van der Waals surface area contributed by atoms with Gasteiger partial charge in [-0.1, -0.05) is 20.8 Å². The van der Waals surface area contributed by atoms with Crippen molar-refractivity contribution in [3.8, 4) is 0 Å². The van der Waals surface area contributed by atoms with Gasteiger partial charge >= 0.3 is 0 Å². The van der Waals surface area contributed by atoms with Crippen molar-refractivity contribution in [1.29, 1.82) is 0 Å². The molecule has 0 spiro atoms. The van der Waals surface area contributed by atoms with Crippen LogP contribution in [0, 0.1) is 0 Å². The minimum atomic E-state index is -0.0319. The van der Waals surface area contributed by atoms with E-state index in [9.17, 15) is 0 Å². The molecular formula is C19H34IN5O2S. The number of thioether (sulfide) groups is 1. The van der Waals surface area contributed by atoms with Gasteiger partial charge in [0.25, 0.3) is 0 Å². The zero-order chi connectivity index (χ0) is 19.3. The average molecular weight is 523 g/mol. The summed E-state index contributed by atoms with van der Waals surface area (Å²) in [4.78, 5) is 11.3. The Hall–Kier alpha value is -0.520. The highest BCUT2D eigenvalue weighted by Crippen LogP contribution is 2.33. The van der Waals surface area contributed by atoms with Crippen molar-refractivity contribution in [1.82, 2.24) is 20.5 Å². The SMILES string of the molecule is CN=C(NCc1ncc(C(C)(C)C)o1)NCC1(N2CCOCC2)CCSC1.I. The van der Waals surface area contributed by atoms with Crippen LogP contribution in [0.1, 0.15) is 38.8 Å². The van der Waals surface area contributed by atoms with E-state index in [1.807, 2.05) is 18.0 Å². The number of nitrogens with zero attached hydrogens (tertiary/aromatic N) is 3. The second-order valence-electron chi connectivity index (χ2n) is 8.27. The summed E-state index contributed by atoms with van der Waals surface area (Å²) in [6.45, 7) is 11.5. The normalized spacial score (nSPS) is 24.1. The van der Waals surface area contributed by atoms with E-state index in [1.165, 1.54) is 12.2 Å². The molecule has 28 heavy (non-hydrogen) atoms. The van der Waals surface area contributed by atoms with Gasteiger partial charge in [0.1, 0.15) is 5.76 Å². The smallest absolute Gasteiger partial charge is 0.213 e. The maximum Gasteiger partial charge on any atom is 0.213 e. The molecule has 0 saturated carbocycles. The first-order valence-electron chi connectivity index (χ1n) is 9.73. The number of aromatic nitrogens is 1. The summed E-state index contributed by atoms with van der Waals surface area (Å²) in [5.41, 5.74) is 0.157. The number of morpholine rings is 1. The monoisotopic (exact) mass is 523 g/mol. The first-order valence-corrected chi connectivity index (χ1v) is 10.9. The Kier molecular flexibility index (Phi) is 8.90. The highest BCUT2D eigenvalue weighted by molar-refractivity contribution is 14.0. The van der Waals surface area contributed by atoms with Gasteiger partial charge in [-0.25, -0.2) is 4.98 Å². The predicted molar refractivity (Wildman–Crippen MR) is 126 cm³/mol. The maximum atomic E-state index is 5.85. The molecular weight excluding hydrogens is 489 g/mol. The second kappa shape index (κ2) is 10.5. The van der Waals surface area contributed by atoms with Crippen LogP contribution in [0.15, 0.2) is 15.6 Å². The Morgan fingerprint density at radius 3 is 2.64 bits per heavy atom. The van der Waals surface area contributed by atoms with Gasteiger partial charge in [0, 0.05) is 43.4 Å². The van der Waals surface area contributed by atoms with Crippen LogP contribution in [0.2, 0.25) is 0 Å². The molecule has 1 unspecified atom stereocenters. The molecule has 0 aliphatic carbocycles. The molecule has 7 nitrogen and oxygen atoms in total. The van der Waals surface area contributed by atoms with Gasteiger partial charge in [0.05, 0.1) is 26.0 Å². The number of ether oxygens (including phenoxy) is 1. The fourth-order valence-corrected chi connectivity index (χ4v) is 4.98. The van der Waals surface area contributed by atoms with E-state index in [0.29, 0.717) is 12.4 Å². The van der Waals surface area contributed by atoms with Gasteiger partial charge in [0.15, 0.2) is 5.96 Å². The lowest BCUT2D eigenvalue weighted by atomic mass is 9.94. The molecule has 2 saturated heterocycles. The van der Waals surface area contributed by atoms with Crippen molar-refractivity contribution in [2.45, 2.75) is 44.7 Å². The lowest BCUT2D eigenvalue weighted by Crippen LogP contribution is -2.60. The van der Waals surface area contributed by atoms with E-state index in [0.717, 1.165) is 50.3 Å². The number of hydrogen-bond acceptors (Lipinski definition) is 6. The van der Waals surface area contributed by atoms with E-state index < -0.39 is 0 Å². The van der Waals surface area contributed by atoms with E-state index in [4.69, 9.17) is 9.15 Å². The van der Waals surface area contributed by atoms with Crippen LogP contribution >= 0.6 is 35.7 Å². The molecule has 2 N–H and O–H groups in total. The van der Waals surface area contributed by atoms with Crippen molar-refractivity contribution in [2.75, 3.05) is 51.4 Å². The number of hydrogen-bond donors (Lipinski definition) is 2. The fourth-order valence-electron chi connectivity index (χ4n) is 3.50. The van der Waals surface area contributed by atoms with Gasteiger partial charge in [-0.3, -0.25) is 9.89 Å². The molecule has 0 amide bonds. The Bertz CT molecular complexity index is 635. The highest BCUT2D eigenvalue weighted by atomic mass is 127. The number of halogens is 1. The first-order chi connectivity index (χ1) is 12.9. The van der Waals surface area contributed by atoms with Crippen molar-refractivity contribution in [3.63, 3.8) is 0 Å². The van der Waals surface area contributed by atoms with Crippen molar-refractivity contribution in [3.05, 3.63) is 17.8 Å².